The number of furan rings is 1. The summed E-state index contributed by atoms with van der Waals surface area (Å²) in [4.78, 5) is 26.0. The van der Waals surface area contributed by atoms with Crippen LogP contribution in [0.1, 0.15) is 22.1 Å². The van der Waals surface area contributed by atoms with Crippen LogP contribution < -0.4 is 0 Å². The van der Waals surface area contributed by atoms with Crippen molar-refractivity contribution in [3.8, 4) is 0 Å². The Morgan fingerprint density at radius 2 is 2.12 bits per heavy atom. The number of benzene rings is 1. The van der Waals surface area contributed by atoms with Crippen LogP contribution in [0.2, 0.25) is 0 Å². The highest BCUT2D eigenvalue weighted by molar-refractivity contribution is 8.00. The van der Waals surface area contributed by atoms with Crippen LogP contribution in [0.15, 0.2) is 47.1 Å². The standard InChI is InChI=1S/C18H19NO4S/c1-19(11-14-6-4-9-22-14)16(20)12-23-18(21)17-15-7-3-2-5-13(15)8-10-24-17/h2-7,9,17H,8,10-12H2,1H3/t17-/m0/s1. The molecule has 0 unspecified atom stereocenters. The fourth-order valence-electron chi connectivity index (χ4n) is 2.63. The third-order valence-electron chi connectivity index (χ3n) is 3.94. The first-order valence-electron chi connectivity index (χ1n) is 7.77. The van der Waals surface area contributed by atoms with Gasteiger partial charge >= 0.3 is 5.97 Å². The van der Waals surface area contributed by atoms with Gasteiger partial charge in [0.15, 0.2) is 6.61 Å². The van der Waals surface area contributed by atoms with Crippen molar-refractivity contribution >= 4 is 23.6 Å². The van der Waals surface area contributed by atoms with E-state index in [4.69, 9.17) is 9.15 Å². The highest BCUT2D eigenvalue weighted by atomic mass is 32.2. The van der Waals surface area contributed by atoms with Gasteiger partial charge in [-0.1, -0.05) is 24.3 Å². The quantitative estimate of drug-likeness (QED) is 0.780. The maximum atomic E-state index is 12.4. The Morgan fingerprint density at radius 1 is 1.29 bits per heavy atom. The first kappa shape index (κ1) is 16.6. The lowest BCUT2D eigenvalue weighted by Crippen LogP contribution is -2.31. The van der Waals surface area contributed by atoms with Crippen molar-refractivity contribution in [1.29, 1.82) is 0 Å². The van der Waals surface area contributed by atoms with Crippen LogP contribution in [-0.2, 0) is 27.3 Å². The van der Waals surface area contributed by atoms with Gasteiger partial charge in [0, 0.05) is 7.05 Å². The fraction of sp³-hybridized carbons (Fsp3) is 0.333. The summed E-state index contributed by atoms with van der Waals surface area (Å²) in [6.07, 6.45) is 2.51. The highest BCUT2D eigenvalue weighted by Gasteiger charge is 2.28. The Labute approximate surface area is 145 Å². The average Bonchev–Trinajstić information content (AvgIpc) is 3.11. The molecule has 1 aromatic heterocycles. The van der Waals surface area contributed by atoms with Gasteiger partial charge in [0.1, 0.15) is 11.0 Å². The second kappa shape index (κ2) is 7.57. The largest absolute Gasteiger partial charge is 0.467 e. The smallest absolute Gasteiger partial charge is 0.324 e. The molecule has 2 aromatic rings. The number of fused-ring (bicyclic) bond motifs is 1. The summed E-state index contributed by atoms with van der Waals surface area (Å²) >= 11 is 1.56. The molecule has 2 heterocycles. The molecule has 0 radical (unpaired) electrons. The maximum absolute atomic E-state index is 12.4. The Hall–Kier alpha value is -2.21. The summed E-state index contributed by atoms with van der Waals surface area (Å²) in [5, 5.41) is -0.349. The number of rotatable bonds is 5. The zero-order valence-corrected chi connectivity index (χ0v) is 14.3. The first-order chi connectivity index (χ1) is 11.6. The van der Waals surface area contributed by atoms with Gasteiger partial charge in [-0.05, 0) is 35.4 Å². The van der Waals surface area contributed by atoms with Gasteiger partial charge in [-0.2, -0.15) is 0 Å². The topological polar surface area (TPSA) is 59.8 Å². The van der Waals surface area contributed by atoms with Gasteiger partial charge in [-0.3, -0.25) is 9.59 Å². The summed E-state index contributed by atoms with van der Waals surface area (Å²) in [6, 6.07) is 11.5. The van der Waals surface area contributed by atoms with Crippen LogP contribution in [0.4, 0.5) is 0 Å². The van der Waals surface area contributed by atoms with Crippen LogP contribution in [0, 0.1) is 0 Å². The van der Waals surface area contributed by atoms with E-state index in [0.29, 0.717) is 12.3 Å². The summed E-state index contributed by atoms with van der Waals surface area (Å²) in [5.74, 6) is 0.957. The average molecular weight is 345 g/mol. The number of esters is 1. The molecule has 0 fully saturated rings. The number of thioether (sulfide) groups is 1. The molecule has 0 spiro atoms. The number of ether oxygens (including phenoxy) is 1. The second-order valence-electron chi connectivity index (χ2n) is 5.64. The van der Waals surface area contributed by atoms with Gasteiger partial charge < -0.3 is 14.1 Å². The zero-order valence-electron chi connectivity index (χ0n) is 13.4. The van der Waals surface area contributed by atoms with E-state index in [1.165, 1.54) is 10.5 Å². The number of amides is 1. The number of carbonyl (C=O) groups is 2. The highest BCUT2D eigenvalue weighted by Crippen LogP contribution is 2.37. The molecule has 1 aliphatic heterocycles. The molecule has 0 bridgehead atoms. The van der Waals surface area contributed by atoms with E-state index in [9.17, 15) is 9.59 Å². The van der Waals surface area contributed by atoms with E-state index < -0.39 is 0 Å². The predicted octanol–water partition coefficient (Wildman–Crippen LogP) is 2.81. The van der Waals surface area contributed by atoms with Crippen molar-refractivity contribution in [2.45, 2.75) is 18.2 Å². The van der Waals surface area contributed by atoms with E-state index in [1.54, 1.807) is 37.2 Å². The van der Waals surface area contributed by atoms with Crippen LogP contribution in [-0.4, -0.2) is 36.2 Å². The molecule has 6 heteroatoms. The van der Waals surface area contributed by atoms with Crippen LogP contribution in [0.3, 0.4) is 0 Å². The summed E-state index contributed by atoms with van der Waals surface area (Å²) < 4.78 is 10.5. The van der Waals surface area contributed by atoms with Gasteiger partial charge in [-0.15, -0.1) is 11.8 Å². The molecule has 1 atom stereocenters. The fourth-order valence-corrected chi connectivity index (χ4v) is 3.82. The van der Waals surface area contributed by atoms with Crippen molar-refractivity contribution in [2.24, 2.45) is 0 Å². The molecular formula is C18H19NO4S. The molecule has 1 aliphatic rings. The molecule has 126 valence electrons. The molecule has 5 nitrogen and oxygen atoms in total. The first-order valence-corrected chi connectivity index (χ1v) is 8.82. The third-order valence-corrected chi connectivity index (χ3v) is 5.16. The van der Waals surface area contributed by atoms with E-state index in [0.717, 1.165) is 17.7 Å². The lowest BCUT2D eigenvalue weighted by atomic mass is 10.0. The molecule has 0 saturated heterocycles. The molecule has 24 heavy (non-hydrogen) atoms. The van der Waals surface area contributed by atoms with E-state index in [1.807, 2.05) is 24.3 Å². The Balaban J connectivity index is 1.55. The Bertz CT molecular complexity index is 714. The maximum Gasteiger partial charge on any atom is 0.324 e. The number of nitrogens with zero attached hydrogens (tertiary/aromatic N) is 1. The van der Waals surface area contributed by atoms with E-state index in [2.05, 4.69) is 0 Å². The number of hydrogen-bond donors (Lipinski definition) is 0. The minimum absolute atomic E-state index is 0.255. The van der Waals surface area contributed by atoms with Crippen molar-refractivity contribution in [2.75, 3.05) is 19.4 Å². The number of aryl methyl sites for hydroxylation is 1. The van der Waals surface area contributed by atoms with E-state index >= 15 is 0 Å². The van der Waals surface area contributed by atoms with Crippen molar-refractivity contribution in [3.63, 3.8) is 0 Å². The molecule has 1 amide bonds. The Morgan fingerprint density at radius 3 is 2.92 bits per heavy atom. The molecule has 0 N–H and O–H groups in total. The van der Waals surface area contributed by atoms with Crippen LogP contribution in [0.25, 0.3) is 0 Å². The Kier molecular flexibility index (Phi) is 5.25. The number of likely N-dealkylation sites (N-methyl/N-ethyl adjacent to an activating group) is 1. The molecule has 0 saturated carbocycles. The van der Waals surface area contributed by atoms with Crippen LogP contribution >= 0.6 is 11.8 Å². The number of hydrogen-bond acceptors (Lipinski definition) is 5. The molecule has 1 aromatic carbocycles. The summed E-state index contributed by atoms with van der Waals surface area (Å²) in [7, 11) is 1.66. The minimum Gasteiger partial charge on any atom is -0.467 e. The van der Waals surface area contributed by atoms with E-state index in [-0.39, 0.29) is 23.7 Å². The monoisotopic (exact) mass is 345 g/mol. The third kappa shape index (κ3) is 3.82. The van der Waals surface area contributed by atoms with Crippen molar-refractivity contribution < 1.29 is 18.7 Å². The minimum atomic E-state index is -0.355. The summed E-state index contributed by atoms with van der Waals surface area (Å²) in [6.45, 7) is 0.0969. The molecular weight excluding hydrogens is 326 g/mol. The lowest BCUT2D eigenvalue weighted by Gasteiger charge is -2.24. The zero-order chi connectivity index (χ0) is 16.9. The normalized spacial score (nSPS) is 16.3. The molecule has 0 aliphatic carbocycles. The number of carbonyl (C=O) groups excluding carboxylic acids is 2. The van der Waals surface area contributed by atoms with Crippen molar-refractivity contribution in [3.05, 3.63) is 59.5 Å². The predicted molar refractivity (Wildman–Crippen MR) is 91.5 cm³/mol. The van der Waals surface area contributed by atoms with Gasteiger partial charge in [-0.25, -0.2) is 0 Å². The SMILES string of the molecule is CN(Cc1ccco1)C(=O)COC(=O)[C@H]1SCCc2ccccc21. The van der Waals surface area contributed by atoms with Crippen LogP contribution in [0.5, 0.6) is 0 Å². The summed E-state index contributed by atoms with van der Waals surface area (Å²) in [5.41, 5.74) is 2.18. The van der Waals surface area contributed by atoms with Gasteiger partial charge in [0.2, 0.25) is 0 Å². The van der Waals surface area contributed by atoms with Gasteiger partial charge in [0.05, 0.1) is 12.8 Å². The van der Waals surface area contributed by atoms with Gasteiger partial charge in [0.25, 0.3) is 5.91 Å². The molecule has 3 rings (SSSR count). The lowest BCUT2D eigenvalue weighted by molar-refractivity contribution is -0.151. The second-order valence-corrected chi connectivity index (χ2v) is 6.85. The van der Waals surface area contributed by atoms with Crippen molar-refractivity contribution in [1.82, 2.24) is 4.90 Å².